The molecule has 6 heteroatoms. The zero-order valence-electron chi connectivity index (χ0n) is 8.18. The van der Waals surface area contributed by atoms with Gasteiger partial charge in [-0.3, -0.25) is 4.79 Å². The number of carboxylic acid groups (broad SMARTS) is 1. The Bertz CT molecular complexity index is 388. The summed E-state index contributed by atoms with van der Waals surface area (Å²) < 4.78 is 0. The topological polar surface area (TPSA) is 86.6 Å². The van der Waals surface area contributed by atoms with Crippen LogP contribution in [0.15, 0.2) is 18.2 Å². The molecule has 0 fully saturated rings. The van der Waals surface area contributed by atoms with E-state index in [0.29, 0.717) is 12.0 Å². The second kappa shape index (κ2) is 5.37. The summed E-state index contributed by atoms with van der Waals surface area (Å²) in [5.41, 5.74) is 0.297. The van der Waals surface area contributed by atoms with Crippen LogP contribution in [0.4, 0.5) is 0 Å². The van der Waals surface area contributed by atoms with E-state index in [1.54, 1.807) is 6.07 Å². The number of aliphatic carboxylic acids is 1. The van der Waals surface area contributed by atoms with Crippen molar-refractivity contribution in [3.05, 3.63) is 28.8 Å². The number of nitrogens with one attached hydrogen (secondary N) is 1. The van der Waals surface area contributed by atoms with Gasteiger partial charge in [0.05, 0.1) is 0 Å². The number of carbonyl (C=O) groups excluding carboxylic acids is 1. The first-order valence-corrected chi connectivity index (χ1v) is 4.83. The van der Waals surface area contributed by atoms with Crippen LogP contribution in [0.25, 0.3) is 0 Å². The third kappa shape index (κ3) is 2.87. The molecule has 1 amide bonds. The van der Waals surface area contributed by atoms with Crippen LogP contribution in [0.2, 0.25) is 5.02 Å². The number of halogens is 1. The summed E-state index contributed by atoms with van der Waals surface area (Å²) in [7, 11) is 0. The molecule has 0 bridgehead atoms. The Hall–Kier alpha value is -1.75. The summed E-state index contributed by atoms with van der Waals surface area (Å²) in [6.07, 6.45) is 0.228. The molecule has 0 saturated heterocycles. The molecule has 1 atom stereocenters. The van der Waals surface area contributed by atoms with E-state index in [1.807, 2.05) is 0 Å². The van der Waals surface area contributed by atoms with E-state index < -0.39 is 12.0 Å². The summed E-state index contributed by atoms with van der Waals surface area (Å²) in [5.74, 6) is -1.28. The third-order valence-electron chi connectivity index (χ3n) is 2.07. The maximum atomic E-state index is 10.8. The first-order valence-electron chi connectivity index (χ1n) is 4.45. The van der Waals surface area contributed by atoms with Gasteiger partial charge < -0.3 is 15.5 Å². The van der Waals surface area contributed by atoms with Crippen molar-refractivity contribution in [2.75, 3.05) is 0 Å². The Morgan fingerprint density at radius 3 is 2.75 bits per heavy atom. The van der Waals surface area contributed by atoms with Crippen molar-refractivity contribution in [1.82, 2.24) is 5.32 Å². The highest BCUT2D eigenvalue weighted by Crippen LogP contribution is 2.26. The molecule has 0 aliphatic carbocycles. The average molecular weight is 244 g/mol. The van der Waals surface area contributed by atoms with E-state index in [9.17, 15) is 14.7 Å². The summed E-state index contributed by atoms with van der Waals surface area (Å²) in [5, 5.41) is 20.7. The fraction of sp³-hybridized carbons (Fsp3) is 0.200. The van der Waals surface area contributed by atoms with Gasteiger partial charge in [-0.2, -0.15) is 0 Å². The lowest BCUT2D eigenvalue weighted by atomic mass is 10.1. The predicted octanol–water partition coefficient (Wildman–Crippen LogP) is 0.787. The number of amides is 1. The van der Waals surface area contributed by atoms with Gasteiger partial charge in [-0.1, -0.05) is 17.7 Å². The molecule has 0 spiro atoms. The Morgan fingerprint density at radius 2 is 2.25 bits per heavy atom. The Labute approximate surface area is 96.7 Å². The highest BCUT2D eigenvalue weighted by atomic mass is 35.5. The van der Waals surface area contributed by atoms with E-state index in [1.165, 1.54) is 12.1 Å². The van der Waals surface area contributed by atoms with Gasteiger partial charge in [0, 0.05) is 17.0 Å². The van der Waals surface area contributed by atoms with E-state index in [2.05, 4.69) is 5.32 Å². The molecule has 0 radical (unpaired) electrons. The molecule has 0 aromatic heterocycles. The number of carbonyl (C=O) groups is 2. The summed E-state index contributed by atoms with van der Waals surface area (Å²) in [6.45, 7) is 0. The largest absolute Gasteiger partial charge is 0.508 e. The van der Waals surface area contributed by atoms with Crippen molar-refractivity contribution in [2.45, 2.75) is 12.5 Å². The number of phenolic OH excluding ortho intramolecular Hbond substituents is 1. The summed E-state index contributed by atoms with van der Waals surface area (Å²) in [6, 6.07) is 3.38. The van der Waals surface area contributed by atoms with Gasteiger partial charge in [0.2, 0.25) is 6.41 Å². The number of rotatable bonds is 5. The second-order valence-corrected chi connectivity index (χ2v) is 3.52. The van der Waals surface area contributed by atoms with Crippen LogP contribution in [-0.2, 0) is 16.0 Å². The molecule has 0 saturated carbocycles. The van der Waals surface area contributed by atoms with Crippen LogP contribution in [0, 0.1) is 0 Å². The molecular formula is C10H10ClNO4. The number of aromatic hydroxyl groups is 1. The molecule has 1 aromatic rings. The monoisotopic (exact) mass is 243 g/mol. The zero-order valence-corrected chi connectivity index (χ0v) is 8.94. The first-order chi connectivity index (χ1) is 7.56. The van der Waals surface area contributed by atoms with Gasteiger partial charge in [-0.25, -0.2) is 4.79 Å². The van der Waals surface area contributed by atoms with Gasteiger partial charge in [0.15, 0.2) is 0 Å². The first kappa shape index (κ1) is 12.3. The zero-order chi connectivity index (χ0) is 12.1. The second-order valence-electron chi connectivity index (χ2n) is 3.12. The van der Waals surface area contributed by atoms with E-state index in [0.717, 1.165) is 0 Å². The SMILES string of the molecule is O=CNC(Cc1c(O)cccc1Cl)C(=O)O. The molecule has 1 unspecified atom stereocenters. The van der Waals surface area contributed by atoms with Crippen molar-refractivity contribution in [1.29, 1.82) is 0 Å². The number of hydrogen-bond acceptors (Lipinski definition) is 3. The lowest BCUT2D eigenvalue weighted by Gasteiger charge is -2.13. The van der Waals surface area contributed by atoms with Crippen LogP contribution >= 0.6 is 11.6 Å². The van der Waals surface area contributed by atoms with Crippen LogP contribution in [0.3, 0.4) is 0 Å². The number of phenols is 1. The highest BCUT2D eigenvalue weighted by molar-refractivity contribution is 6.31. The molecular weight excluding hydrogens is 234 g/mol. The van der Waals surface area contributed by atoms with E-state index in [4.69, 9.17) is 16.7 Å². The van der Waals surface area contributed by atoms with Gasteiger partial charge >= 0.3 is 5.97 Å². The van der Waals surface area contributed by atoms with E-state index in [-0.39, 0.29) is 17.2 Å². The van der Waals surface area contributed by atoms with Crippen LogP contribution in [0.1, 0.15) is 5.56 Å². The van der Waals surface area contributed by atoms with Crippen LogP contribution < -0.4 is 5.32 Å². The number of benzene rings is 1. The molecule has 86 valence electrons. The third-order valence-corrected chi connectivity index (χ3v) is 2.42. The molecule has 0 aliphatic heterocycles. The molecule has 5 nitrogen and oxygen atoms in total. The average Bonchev–Trinajstić information content (AvgIpc) is 2.21. The predicted molar refractivity (Wildman–Crippen MR) is 57.4 cm³/mol. The summed E-state index contributed by atoms with van der Waals surface area (Å²) in [4.78, 5) is 21.0. The van der Waals surface area contributed by atoms with Crippen LogP contribution in [-0.4, -0.2) is 28.6 Å². The van der Waals surface area contributed by atoms with Crippen molar-refractivity contribution in [3.63, 3.8) is 0 Å². The standard InChI is InChI=1S/C10H10ClNO4/c11-7-2-1-3-9(14)6(7)4-8(10(15)16)12-5-13/h1-3,5,8,14H,4H2,(H,12,13)(H,15,16). The number of hydrogen-bond donors (Lipinski definition) is 3. The molecule has 1 rings (SSSR count). The molecule has 1 aromatic carbocycles. The Balaban J connectivity index is 2.93. The minimum absolute atomic E-state index is 0.0699. The quantitative estimate of drug-likeness (QED) is 0.668. The summed E-state index contributed by atoms with van der Waals surface area (Å²) >= 11 is 5.81. The minimum Gasteiger partial charge on any atom is -0.508 e. The molecule has 0 aliphatic rings. The maximum Gasteiger partial charge on any atom is 0.326 e. The maximum absolute atomic E-state index is 10.8. The molecule has 3 N–H and O–H groups in total. The van der Waals surface area contributed by atoms with Crippen molar-refractivity contribution in [3.8, 4) is 5.75 Å². The van der Waals surface area contributed by atoms with Crippen LogP contribution in [0.5, 0.6) is 5.75 Å². The van der Waals surface area contributed by atoms with E-state index >= 15 is 0 Å². The van der Waals surface area contributed by atoms with Crippen molar-refractivity contribution in [2.24, 2.45) is 0 Å². The molecule has 0 heterocycles. The fourth-order valence-electron chi connectivity index (χ4n) is 1.25. The lowest BCUT2D eigenvalue weighted by Crippen LogP contribution is -2.37. The Morgan fingerprint density at radius 1 is 1.56 bits per heavy atom. The lowest BCUT2D eigenvalue weighted by molar-refractivity contribution is -0.140. The smallest absolute Gasteiger partial charge is 0.326 e. The van der Waals surface area contributed by atoms with Crippen molar-refractivity contribution < 1.29 is 19.8 Å². The van der Waals surface area contributed by atoms with Crippen molar-refractivity contribution >= 4 is 24.0 Å². The molecule has 16 heavy (non-hydrogen) atoms. The van der Waals surface area contributed by atoms with Gasteiger partial charge in [0.25, 0.3) is 0 Å². The highest BCUT2D eigenvalue weighted by Gasteiger charge is 2.20. The van der Waals surface area contributed by atoms with Gasteiger partial charge in [-0.15, -0.1) is 0 Å². The fourth-order valence-corrected chi connectivity index (χ4v) is 1.50. The van der Waals surface area contributed by atoms with Gasteiger partial charge in [-0.05, 0) is 12.1 Å². The van der Waals surface area contributed by atoms with Gasteiger partial charge in [0.1, 0.15) is 11.8 Å². The Kier molecular flexibility index (Phi) is 4.13. The number of carboxylic acids is 1. The minimum atomic E-state index is -1.19. The normalized spacial score (nSPS) is 11.8.